The molecule has 230 valence electrons. The van der Waals surface area contributed by atoms with Crippen LogP contribution in [0, 0.1) is 11.8 Å². The van der Waals surface area contributed by atoms with Gasteiger partial charge in [-0.1, -0.05) is 52.0 Å². The van der Waals surface area contributed by atoms with Crippen molar-refractivity contribution >= 4 is 24.2 Å². The number of carbonyl (C=O) groups is 4. The fraction of sp³-hybridized carbons (Fsp3) is 0.484. The van der Waals surface area contributed by atoms with E-state index in [0.29, 0.717) is 35.8 Å². The third-order valence-corrected chi connectivity index (χ3v) is 5.93. The predicted octanol–water partition coefficient (Wildman–Crippen LogP) is 5.64. The Hall–Kier alpha value is -4.12. The smallest absolute Gasteiger partial charge is 0.480 e. The molecule has 0 aromatic heterocycles. The maximum absolute atomic E-state index is 12.3. The third kappa shape index (κ3) is 13.0. The van der Waals surface area contributed by atoms with Crippen molar-refractivity contribution in [3.05, 3.63) is 59.7 Å². The molecule has 0 spiro atoms. The fourth-order valence-electron chi connectivity index (χ4n) is 3.50. The molecule has 0 aliphatic rings. The van der Waals surface area contributed by atoms with E-state index in [1.165, 1.54) is 12.1 Å². The zero-order valence-corrected chi connectivity index (χ0v) is 24.8. The summed E-state index contributed by atoms with van der Waals surface area (Å²) in [5.41, 5.74) is 0.856. The van der Waals surface area contributed by atoms with E-state index in [-0.39, 0.29) is 37.7 Å². The van der Waals surface area contributed by atoms with E-state index >= 15 is 0 Å². The SMILES string of the molecule is CC(C)CCOC(=O)Oc1ccc(C[C@H](NCC(C)OC(=O)c2ccccc2)C(=O)O)cc1OC(=O)OCCC(C)C. The van der Waals surface area contributed by atoms with Crippen LogP contribution >= 0.6 is 0 Å². The zero-order valence-electron chi connectivity index (χ0n) is 24.8. The Labute approximate surface area is 246 Å². The van der Waals surface area contributed by atoms with Crippen LogP contribution in [0.1, 0.15) is 63.4 Å². The second-order valence-electron chi connectivity index (χ2n) is 10.6. The molecular weight excluding hydrogens is 546 g/mol. The van der Waals surface area contributed by atoms with Crippen molar-refractivity contribution in [3.8, 4) is 11.5 Å². The van der Waals surface area contributed by atoms with Crippen LogP contribution in [-0.4, -0.2) is 61.3 Å². The number of hydrogen-bond acceptors (Lipinski definition) is 10. The van der Waals surface area contributed by atoms with Crippen LogP contribution in [0.5, 0.6) is 11.5 Å². The second kappa shape index (κ2) is 17.6. The first-order valence-corrected chi connectivity index (χ1v) is 14.0. The molecule has 0 bridgehead atoms. The number of carboxylic acids is 1. The summed E-state index contributed by atoms with van der Waals surface area (Å²) in [7, 11) is 0. The van der Waals surface area contributed by atoms with Crippen LogP contribution in [-0.2, 0) is 25.4 Å². The number of nitrogens with one attached hydrogen (secondary N) is 1. The molecule has 0 fully saturated rings. The van der Waals surface area contributed by atoms with Gasteiger partial charge < -0.3 is 34.1 Å². The van der Waals surface area contributed by atoms with Crippen molar-refractivity contribution in [2.24, 2.45) is 11.8 Å². The molecule has 0 radical (unpaired) electrons. The molecule has 0 saturated heterocycles. The molecule has 11 nitrogen and oxygen atoms in total. The molecule has 2 aromatic rings. The molecule has 2 N–H and O–H groups in total. The van der Waals surface area contributed by atoms with Crippen LogP contribution in [0.25, 0.3) is 0 Å². The Morgan fingerprint density at radius 1 is 0.786 bits per heavy atom. The minimum absolute atomic E-state index is 0.0213. The van der Waals surface area contributed by atoms with Gasteiger partial charge in [0.05, 0.1) is 18.8 Å². The summed E-state index contributed by atoms with van der Waals surface area (Å²) in [5.74, 6) is -1.23. The summed E-state index contributed by atoms with van der Waals surface area (Å²) in [6.07, 6.45) is -1.32. The molecule has 2 rings (SSSR count). The molecule has 0 aliphatic carbocycles. The number of ether oxygens (including phenoxy) is 5. The molecule has 0 amide bonds. The van der Waals surface area contributed by atoms with E-state index in [4.69, 9.17) is 23.7 Å². The Morgan fingerprint density at radius 3 is 1.90 bits per heavy atom. The van der Waals surface area contributed by atoms with Crippen molar-refractivity contribution in [3.63, 3.8) is 0 Å². The van der Waals surface area contributed by atoms with Crippen molar-refractivity contribution in [1.29, 1.82) is 0 Å². The molecule has 0 heterocycles. The number of hydrogen-bond donors (Lipinski definition) is 2. The van der Waals surface area contributed by atoms with E-state index in [0.717, 1.165) is 0 Å². The minimum Gasteiger partial charge on any atom is -0.480 e. The molecule has 1 unspecified atom stereocenters. The Balaban J connectivity index is 2.09. The highest BCUT2D eigenvalue weighted by atomic mass is 16.7. The van der Waals surface area contributed by atoms with Crippen LogP contribution < -0.4 is 14.8 Å². The standard InChI is InChI=1S/C31H41NO10/c1-20(2)13-15-38-30(36)41-26-12-11-23(18-27(26)42-31(37)39-16-14-21(3)4)17-25(28(33)34)32-19-22(5)40-29(35)24-9-7-6-8-10-24/h6-12,18,20-22,25,32H,13-17,19H2,1-5H3,(H,33,34)/t22?,25-/m0/s1. The van der Waals surface area contributed by atoms with Crippen molar-refractivity contribution in [1.82, 2.24) is 5.32 Å². The van der Waals surface area contributed by atoms with Gasteiger partial charge in [-0.15, -0.1) is 0 Å². The van der Waals surface area contributed by atoms with Crippen LogP contribution in [0.3, 0.4) is 0 Å². The molecule has 2 aromatic carbocycles. The lowest BCUT2D eigenvalue weighted by molar-refractivity contribution is -0.139. The summed E-state index contributed by atoms with van der Waals surface area (Å²) in [6, 6.07) is 11.7. The van der Waals surface area contributed by atoms with E-state index in [2.05, 4.69) is 5.32 Å². The highest BCUT2D eigenvalue weighted by molar-refractivity contribution is 5.89. The van der Waals surface area contributed by atoms with Gasteiger partial charge in [0.1, 0.15) is 12.1 Å². The summed E-state index contributed by atoms with van der Waals surface area (Å²) in [6.45, 7) is 9.96. The first-order chi connectivity index (χ1) is 19.9. The predicted molar refractivity (Wildman–Crippen MR) is 154 cm³/mol. The first kappa shape index (κ1) is 34.1. The number of benzene rings is 2. The van der Waals surface area contributed by atoms with Gasteiger partial charge in [0.25, 0.3) is 0 Å². The normalized spacial score (nSPS) is 12.4. The molecule has 0 aliphatic heterocycles. The topological polar surface area (TPSA) is 147 Å². The van der Waals surface area contributed by atoms with Crippen LogP contribution in [0.15, 0.2) is 48.5 Å². The minimum atomic E-state index is -1.14. The maximum atomic E-state index is 12.3. The highest BCUT2D eigenvalue weighted by Crippen LogP contribution is 2.30. The fourth-order valence-corrected chi connectivity index (χ4v) is 3.50. The van der Waals surface area contributed by atoms with Gasteiger partial charge >= 0.3 is 24.2 Å². The second-order valence-corrected chi connectivity index (χ2v) is 10.6. The van der Waals surface area contributed by atoms with E-state index in [1.807, 2.05) is 27.7 Å². The Morgan fingerprint density at radius 2 is 1.36 bits per heavy atom. The number of carbonyl (C=O) groups excluding carboxylic acids is 3. The van der Waals surface area contributed by atoms with Gasteiger partial charge in [-0.05, 0) is 67.9 Å². The van der Waals surface area contributed by atoms with E-state index < -0.39 is 36.4 Å². The van der Waals surface area contributed by atoms with Gasteiger partial charge in [-0.25, -0.2) is 14.4 Å². The lowest BCUT2D eigenvalue weighted by Crippen LogP contribution is -2.42. The first-order valence-electron chi connectivity index (χ1n) is 14.0. The molecule has 0 saturated carbocycles. The lowest BCUT2D eigenvalue weighted by Gasteiger charge is -2.19. The molecule has 11 heteroatoms. The lowest BCUT2D eigenvalue weighted by atomic mass is 10.0. The summed E-state index contributed by atoms with van der Waals surface area (Å²) >= 11 is 0. The number of aliphatic carboxylic acids is 1. The quantitative estimate of drug-likeness (QED) is 0.143. The summed E-state index contributed by atoms with van der Waals surface area (Å²) in [5, 5.41) is 12.7. The highest BCUT2D eigenvalue weighted by Gasteiger charge is 2.22. The summed E-state index contributed by atoms with van der Waals surface area (Å²) in [4.78, 5) is 48.8. The molecular formula is C31H41NO10. The van der Waals surface area contributed by atoms with Crippen LogP contribution in [0.4, 0.5) is 9.59 Å². The van der Waals surface area contributed by atoms with Crippen molar-refractivity contribution < 1.29 is 48.0 Å². The van der Waals surface area contributed by atoms with E-state index in [1.54, 1.807) is 43.3 Å². The van der Waals surface area contributed by atoms with Gasteiger partial charge in [-0.2, -0.15) is 0 Å². The number of rotatable bonds is 16. The number of carboxylic acid groups (broad SMARTS) is 1. The third-order valence-electron chi connectivity index (χ3n) is 5.93. The Bertz CT molecular complexity index is 1170. The van der Waals surface area contributed by atoms with Crippen molar-refractivity contribution in [2.75, 3.05) is 19.8 Å². The van der Waals surface area contributed by atoms with Gasteiger partial charge in [0.2, 0.25) is 0 Å². The average molecular weight is 588 g/mol. The van der Waals surface area contributed by atoms with Gasteiger partial charge in [0.15, 0.2) is 11.5 Å². The largest absolute Gasteiger partial charge is 0.513 e. The average Bonchev–Trinajstić information content (AvgIpc) is 2.92. The molecule has 2 atom stereocenters. The maximum Gasteiger partial charge on any atom is 0.513 e. The summed E-state index contributed by atoms with van der Waals surface area (Å²) < 4.78 is 26.2. The zero-order chi connectivity index (χ0) is 31.1. The van der Waals surface area contributed by atoms with Crippen LogP contribution in [0.2, 0.25) is 0 Å². The van der Waals surface area contributed by atoms with Gasteiger partial charge in [-0.3, -0.25) is 4.79 Å². The van der Waals surface area contributed by atoms with Gasteiger partial charge in [0, 0.05) is 6.54 Å². The monoisotopic (exact) mass is 587 g/mol. The number of esters is 1. The molecule has 42 heavy (non-hydrogen) atoms. The van der Waals surface area contributed by atoms with E-state index in [9.17, 15) is 24.3 Å². The van der Waals surface area contributed by atoms with Crippen molar-refractivity contribution in [2.45, 2.75) is 66.0 Å². The Kier molecular flexibility index (Phi) is 14.3.